The first-order chi connectivity index (χ1) is 14.5. The highest BCUT2D eigenvalue weighted by Crippen LogP contribution is 2.21. The summed E-state index contributed by atoms with van der Waals surface area (Å²) in [6.07, 6.45) is 0.680. The van der Waals surface area contributed by atoms with Crippen molar-refractivity contribution >= 4 is 5.97 Å². The number of nitriles is 1. The molecule has 1 saturated heterocycles. The number of para-hydroxylation sites is 1. The second-order valence-corrected chi connectivity index (χ2v) is 7.39. The Hall–Kier alpha value is -3.08. The normalized spacial score (nSPS) is 17.3. The first-order valence-corrected chi connectivity index (χ1v) is 10.0. The molecule has 7 nitrogen and oxygen atoms in total. The number of hydrogen-bond donors (Lipinski definition) is 2. The number of benzene rings is 2. The summed E-state index contributed by atoms with van der Waals surface area (Å²) in [5.41, 5.74) is 1.42. The van der Waals surface area contributed by atoms with Gasteiger partial charge in [0.05, 0.1) is 11.6 Å². The van der Waals surface area contributed by atoms with Gasteiger partial charge < -0.3 is 19.7 Å². The van der Waals surface area contributed by atoms with Crippen molar-refractivity contribution in [3.05, 3.63) is 59.7 Å². The Bertz CT molecular complexity index is 878. The van der Waals surface area contributed by atoms with E-state index in [4.69, 9.17) is 19.8 Å². The number of aliphatic hydroxyl groups excluding tert-OH is 1. The summed E-state index contributed by atoms with van der Waals surface area (Å²) in [6.45, 7) is 2.16. The second kappa shape index (κ2) is 10.6. The number of carboxylic acid groups (broad SMARTS) is 1. The molecule has 0 aromatic heterocycles. The van der Waals surface area contributed by atoms with Crippen molar-refractivity contribution in [2.75, 3.05) is 26.2 Å². The number of ether oxygens (including phenoxy) is 2. The Morgan fingerprint density at radius 1 is 1.23 bits per heavy atom. The molecule has 0 amide bonds. The van der Waals surface area contributed by atoms with Gasteiger partial charge in [0, 0.05) is 26.1 Å². The highest BCUT2D eigenvalue weighted by atomic mass is 16.5. The van der Waals surface area contributed by atoms with Crippen molar-refractivity contribution in [1.82, 2.24) is 4.90 Å². The minimum Gasteiger partial charge on any atom is -0.491 e. The highest BCUT2D eigenvalue weighted by Gasteiger charge is 2.25. The average Bonchev–Trinajstić information content (AvgIpc) is 3.18. The standard InChI is InChI=1S/C23H26N2O5/c24-13-17-5-8-20(9-6-17)30-21-11-12-25(15-21)14-19(26)16-29-22-4-2-1-3-18(22)7-10-23(27)28/h1-6,8-9,19,21,26H,7,10-12,14-16H2,(H,27,28). The average molecular weight is 410 g/mol. The fraction of sp³-hybridized carbons (Fsp3) is 0.391. The van der Waals surface area contributed by atoms with E-state index in [-0.39, 0.29) is 19.1 Å². The molecule has 3 rings (SSSR count). The number of carboxylic acids is 1. The highest BCUT2D eigenvalue weighted by molar-refractivity contribution is 5.67. The van der Waals surface area contributed by atoms with E-state index in [0.29, 0.717) is 30.8 Å². The van der Waals surface area contributed by atoms with E-state index in [1.165, 1.54) is 0 Å². The molecule has 1 fully saturated rings. The van der Waals surface area contributed by atoms with E-state index >= 15 is 0 Å². The Balaban J connectivity index is 1.43. The van der Waals surface area contributed by atoms with Crippen LogP contribution in [0, 0.1) is 11.3 Å². The van der Waals surface area contributed by atoms with E-state index < -0.39 is 12.1 Å². The zero-order valence-electron chi connectivity index (χ0n) is 16.7. The molecule has 1 heterocycles. The third-order valence-corrected chi connectivity index (χ3v) is 5.00. The molecular formula is C23H26N2O5. The maximum atomic E-state index is 10.8. The maximum absolute atomic E-state index is 10.8. The number of nitrogens with zero attached hydrogens (tertiary/aromatic N) is 2. The number of carbonyl (C=O) groups is 1. The number of rotatable bonds is 10. The monoisotopic (exact) mass is 410 g/mol. The van der Waals surface area contributed by atoms with Crippen LogP contribution in [0.3, 0.4) is 0 Å². The minimum absolute atomic E-state index is 0.0390. The number of β-amino-alcohol motifs (C(OH)–C–C–N with tert-alkyl or cyclic N) is 1. The molecule has 158 valence electrons. The molecule has 2 atom stereocenters. The molecule has 1 aliphatic rings. The van der Waals surface area contributed by atoms with Gasteiger partial charge >= 0.3 is 5.97 Å². The number of aliphatic hydroxyl groups is 1. The molecule has 1 aliphatic heterocycles. The number of hydrogen-bond acceptors (Lipinski definition) is 6. The van der Waals surface area contributed by atoms with E-state index in [1.807, 2.05) is 18.2 Å². The van der Waals surface area contributed by atoms with Crippen molar-refractivity contribution in [3.63, 3.8) is 0 Å². The lowest BCUT2D eigenvalue weighted by Crippen LogP contribution is -2.35. The zero-order valence-corrected chi connectivity index (χ0v) is 16.7. The molecule has 30 heavy (non-hydrogen) atoms. The van der Waals surface area contributed by atoms with E-state index in [2.05, 4.69) is 11.0 Å². The summed E-state index contributed by atoms with van der Waals surface area (Å²) in [5.74, 6) is 0.501. The molecule has 2 aromatic rings. The number of likely N-dealkylation sites (tertiary alicyclic amines) is 1. The summed E-state index contributed by atoms with van der Waals surface area (Å²) >= 11 is 0. The number of aryl methyl sites for hydroxylation is 1. The SMILES string of the molecule is N#Cc1ccc(OC2CCN(CC(O)COc3ccccc3CCC(=O)O)C2)cc1. The summed E-state index contributed by atoms with van der Waals surface area (Å²) in [7, 11) is 0. The topological polar surface area (TPSA) is 103 Å². The Morgan fingerprint density at radius 3 is 2.73 bits per heavy atom. The Kier molecular flexibility index (Phi) is 7.66. The predicted octanol–water partition coefficient (Wildman–Crippen LogP) is 2.47. The van der Waals surface area contributed by atoms with Crippen LogP contribution in [0.5, 0.6) is 11.5 Å². The fourth-order valence-electron chi connectivity index (χ4n) is 3.49. The minimum atomic E-state index is -0.850. The molecule has 2 N–H and O–H groups in total. The third-order valence-electron chi connectivity index (χ3n) is 5.00. The molecule has 7 heteroatoms. The van der Waals surface area contributed by atoms with Crippen molar-refractivity contribution < 1.29 is 24.5 Å². The van der Waals surface area contributed by atoms with Gasteiger partial charge in [-0.1, -0.05) is 18.2 Å². The van der Waals surface area contributed by atoms with Gasteiger partial charge in [-0.15, -0.1) is 0 Å². The third kappa shape index (κ3) is 6.48. The van der Waals surface area contributed by atoms with Crippen LogP contribution in [0.4, 0.5) is 0 Å². The van der Waals surface area contributed by atoms with E-state index in [0.717, 1.165) is 24.3 Å². The first kappa shape index (κ1) is 21.6. The maximum Gasteiger partial charge on any atom is 0.303 e. The molecule has 0 bridgehead atoms. The fourth-order valence-corrected chi connectivity index (χ4v) is 3.49. The van der Waals surface area contributed by atoms with Gasteiger partial charge in [0.2, 0.25) is 0 Å². The van der Waals surface area contributed by atoms with Crippen LogP contribution in [0.15, 0.2) is 48.5 Å². The Morgan fingerprint density at radius 2 is 2.00 bits per heavy atom. The molecule has 2 unspecified atom stereocenters. The van der Waals surface area contributed by atoms with Gasteiger partial charge in [0.15, 0.2) is 0 Å². The van der Waals surface area contributed by atoms with Crippen molar-refractivity contribution in [1.29, 1.82) is 5.26 Å². The predicted molar refractivity (Wildman–Crippen MR) is 111 cm³/mol. The largest absolute Gasteiger partial charge is 0.491 e. The van der Waals surface area contributed by atoms with Crippen molar-refractivity contribution in [2.24, 2.45) is 0 Å². The summed E-state index contributed by atoms with van der Waals surface area (Å²) in [4.78, 5) is 12.9. The number of aliphatic carboxylic acids is 1. The van der Waals surface area contributed by atoms with Gasteiger partial charge in [0.1, 0.15) is 30.3 Å². The first-order valence-electron chi connectivity index (χ1n) is 10.0. The molecule has 0 saturated carbocycles. The van der Waals surface area contributed by atoms with Gasteiger partial charge in [-0.3, -0.25) is 9.69 Å². The lowest BCUT2D eigenvalue weighted by molar-refractivity contribution is -0.136. The van der Waals surface area contributed by atoms with Crippen LogP contribution in [0.2, 0.25) is 0 Å². The Labute approximate surface area is 176 Å². The van der Waals surface area contributed by atoms with E-state index in [1.54, 1.807) is 30.3 Å². The zero-order chi connectivity index (χ0) is 21.3. The smallest absolute Gasteiger partial charge is 0.303 e. The second-order valence-electron chi connectivity index (χ2n) is 7.39. The van der Waals surface area contributed by atoms with Crippen LogP contribution in [0.1, 0.15) is 24.0 Å². The van der Waals surface area contributed by atoms with E-state index in [9.17, 15) is 9.90 Å². The van der Waals surface area contributed by atoms with Crippen LogP contribution < -0.4 is 9.47 Å². The summed E-state index contributed by atoms with van der Waals surface area (Å²) in [5, 5.41) is 28.1. The van der Waals surface area contributed by atoms with Crippen LogP contribution in [-0.2, 0) is 11.2 Å². The lowest BCUT2D eigenvalue weighted by atomic mass is 10.1. The molecule has 0 aliphatic carbocycles. The van der Waals surface area contributed by atoms with Crippen LogP contribution in [-0.4, -0.2) is 59.5 Å². The van der Waals surface area contributed by atoms with Crippen LogP contribution in [0.25, 0.3) is 0 Å². The molecule has 2 aromatic carbocycles. The van der Waals surface area contributed by atoms with Crippen LogP contribution >= 0.6 is 0 Å². The van der Waals surface area contributed by atoms with Gasteiger partial charge in [0.25, 0.3) is 0 Å². The van der Waals surface area contributed by atoms with Crippen molar-refractivity contribution in [2.45, 2.75) is 31.5 Å². The van der Waals surface area contributed by atoms with Crippen molar-refractivity contribution in [3.8, 4) is 17.6 Å². The quantitative estimate of drug-likeness (QED) is 0.620. The molecular weight excluding hydrogens is 384 g/mol. The molecule has 0 radical (unpaired) electrons. The molecule has 0 spiro atoms. The lowest BCUT2D eigenvalue weighted by Gasteiger charge is -2.21. The van der Waals surface area contributed by atoms with Gasteiger partial charge in [-0.2, -0.15) is 5.26 Å². The van der Waals surface area contributed by atoms with Gasteiger partial charge in [-0.25, -0.2) is 0 Å². The summed E-state index contributed by atoms with van der Waals surface area (Å²) < 4.78 is 11.7. The summed E-state index contributed by atoms with van der Waals surface area (Å²) in [6, 6.07) is 16.5. The van der Waals surface area contributed by atoms with Gasteiger partial charge in [-0.05, 0) is 48.7 Å².